The third kappa shape index (κ3) is 5.65. The Labute approximate surface area is 224 Å². The number of carboxylic acids is 1. The number of hydrogen-bond donors (Lipinski definition) is 2. The van der Waals surface area contributed by atoms with Gasteiger partial charge in [0.2, 0.25) is 0 Å². The molecule has 0 radical (unpaired) electrons. The van der Waals surface area contributed by atoms with Gasteiger partial charge in [-0.3, -0.25) is 0 Å². The molecule has 2 heterocycles. The summed E-state index contributed by atoms with van der Waals surface area (Å²) in [6.45, 7) is 2.72. The van der Waals surface area contributed by atoms with E-state index in [0.717, 1.165) is 58.1 Å². The lowest BCUT2D eigenvalue weighted by molar-refractivity contribution is 0.0696. The Hall–Kier alpha value is -4.31. The molecule has 0 saturated carbocycles. The summed E-state index contributed by atoms with van der Waals surface area (Å²) in [6, 6.07) is 23.5. The van der Waals surface area contributed by atoms with Crippen LogP contribution in [0.2, 0.25) is 0 Å². The molecule has 9 nitrogen and oxygen atoms in total. The normalized spacial score (nSPS) is 11.1. The molecule has 38 heavy (non-hydrogen) atoms. The maximum absolute atomic E-state index is 11.7. The second kappa shape index (κ2) is 11.8. The Bertz CT molecular complexity index is 1520. The van der Waals surface area contributed by atoms with E-state index in [4.69, 9.17) is 0 Å². The number of rotatable bonds is 11. The van der Waals surface area contributed by atoms with Crippen LogP contribution in [0, 0.1) is 0 Å². The molecule has 2 N–H and O–H groups in total. The summed E-state index contributed by atoms with van der Waals surface area (Å²) >= 11 is 1.49. The SMILES string of the molecule is CCCCc1nnc(SCc2ccccc2C(=O)O)n1Cc1ccc(-c2ccccc2)c(-c2nnn[nH]2)c1. The molecular formula is C28H27N7O2S. The molecule has 5 aromatic rings. The van der Waals surface area contributed by atoms with E-state index < -0.39 is 5.97 Å². The van der Waals surface area contributed by atoms with Crippen molar-refractivity contribution in [3.63, 3.8) is 0 Å². The predicted molar refractivity (Wildman–Crippen MR) is 146 cm³/mol. The molecule has 2 aromatic heterocycles. The maximum Gasteiger partial charge on any atom is 0.335 e. The highest BCUT2D eigenvalue weighted by Crippen LogP contribution is 2.32. The van der Waals surface area contributed by atoms with Crippen LogP contribution >= 0.6 is 11.8 Å². The van der Waals surface area contributed by atoms with Crippen molar-refractivity contribution in [3.05, 3.63) is 95.3 Å². The van der Waals surface area contributed by atoms with Crippen LogP contribution in [0.1, 0.15) is 47.1 Å². The average molecular weight is 526 g/mol. The second-order valence-corrected chi connectivity index (χ2v) is 9.78. The number of thioether (sulfide) groups is 1. The Balaban J connectivity index is 1.48. The number of aromatic nitrogens is 7. The number of nitrogens with zero attached hydrogens (tertiary/aromatic N) is 6. The summed E-state index contributed by atoms with van der Waals surface area (Å²) in [4.78, 5) is 11.7. The number of aryl methyl sites for hydroxylation is 1. The van der Waals surface area contributed by atoms with E-state index >= 15 is 0 Å². The molecule has 3 aromatic carbocycles. The molecule has 0 fully saturated rings. The van der Waals surface area contributed by atoms with Crippen LogP contribution in [0.3, 0.4) is 0 Å². The van der Waals surface area contributed by atoms with Gasteiger partial charge < -0.3 is 9.67 Å². The van der Waals surface area contributed by atoms with Crippen LogP contribution in [0.15, 0.2) is 78.0 Å². The molecule has 0 bridgehead atoms. The van der Waals surface area contributed by atoms with Gasteiger partial charge in [-0.05, 0) is 51.2 Å². The average Bonchev–Trinajstić information content (AvgIpc) is 3.62. The van der Waals surface area contributed by atoms with Gasteiger partial charge in [-0.15, -0.1) is 15.3 Å². The minimum Gasteiger partial charge on any atom is -0.478 e. The number of aromatic amines is 1. The van der Waals surface area contributed by atoms with Gasteiger partial charge in [-0.25, -0.2) is 9.89 Å². The van der Waals surface area contributed by atoms with Crippen molar-refractivity contribution in [2.75, 3.05) is 0 Å². The van der Waals surface area contributed by atoms with E-state index in [0.29, 0.717) is 23.7 Å². The van der Waals surface area contributed by atoms with Crippen molar-refractivity contribution < 1.29 is 9.90 Å². The predicted octanol–water partition coefficient (Wildman–Crippen LogP) is 5.51. The number of tetrazole rings is 1. The number of H-pyrrole nitrogens is 1. The fourth-order valence-corrected chi connectivity index (χ4v) is 5.27. The van der Waals surface area contributed by atoms with Gasteiger partial charge in [-0.2, -0.15) is 0 Å². The lowest BCUT2D eigenvalue weighted by Gasteiger charge is -2.14. The van der Waals surface area contributed by atoms with Crippen LogP contribution in [0.25, 0.3) is 22.5 Å². The summed E-state index contributed by atoms with van der Waals surface area (Å²) in [5.41, 5.74) is 5.13. The second-order valence-electron chi connectivity index (χ2n) is 8.84. The standard InChI is InChI=1S/C28H27N7O2S/c1-2-3-13-25-29-32-28(38-18-21-11-7-8-12-23(21)27(36)37)35(25)17-19-14-15-22(20-9-5-4-6-10-20)24(16-19)26-30-33-34-31-26/h4-12,14-16H,2-3,13,17-18H2,1H3,(H,36,37)(H,30,31,33,34). The number of carbonyl (C=O) groups is 1. The largest absolute Gasteiger partial charge is 0.478 e. The zero-order chi connectivity index (χ0) is 26.3. The smallest absolute Gasteiger partial charge is 0.335 e. The van der Waals surface area contributed by atoms with Crippen LogP contribution in [-0.4, -0.2) is 46.5 Å². The third-order valence-corrected chi connectivity index (χ3v) is 7.28. The molecule has 0 spiro atoms. The van der Waals surface area contributed by atoms with Crippen LogP contribution in [0.4, 0.5) is 0 Å². The number of unbranched alkanes of at least 4 members (excludes halogenated alkanes) is 1. The third-order valence-electron chi connectivity index (χ3n) is 6.26. The molecule has 192 valence electrons. The van der Waals surface area contributed by atoms with Crippen molar-refractivity contribution in [3.8, 4) is 22.5 Å². The van der Waals surface area contributed by atoms with Crippen molar-refractivity contribution in [1.29, 1.82) is 0 Å². The van der Waals surface area contributed by atoms with Gasteiger partial charge in [0.15, 0.2) is 11.0 Å². The first kappa shape index (κ1) is 25.3. The minimum absolute atomic E-state index is 0.305. The summed E-state index contributed by atoms with van der Waals surface area (Å²) < 4.78 is 2.13. The molecule has 0 saturated heterocycles. The van der Waals surface area contributed by atoms with Crippen LogP contribution in [0.5, 0.6) is 0 Å². The van der Waals surface area contributed by atoms with E-state index in [1.807, 2.05) is 30.3 Å². The summed E-state index contributed by atoms with van der Waals surface area (Å²) in [5.74, 6) is 1.06. The van der Waals surface area contributed by atoms with Crippen LogP contribution in [-0.2, 0) is 18.7 Å². The van der Waals surface area contributed by atoms with Gasteiger partial charge in [-0.1, -0.05) is 85.8 Å². The Morgan fingerprint density at radius 3 is 2.55 bits per heavy atom. The van der Waals surface area contributed by atoms with Gasteiger partial charge in [0.25, 0.3) is 0 Å². The number of nitrogens with one attached hydrogen (secondary N) is 1. The minimum atomic E-state index is -0.931. The van der Waals surface area contributed by atoms with Crippen molar-refractivity contribution >= 4 is 17.7 Å². The maximum atomic E-state index is 11.7. The van der Waals surface area contributed by atoms with E-state index in [1.165, 1.54) is 11.8 Å². The number of aromatic carboxylic acids is 1. The van der Waals surface area contributed by atoms with Gasteiger partial charge in [0.1, 0.15) is 5.82 Å². The molecule has 0 aliphatic rings. The van der Waals surface area contributed by atoms with Crippen LogP contribution < -0.4 is 0 Å². The molecule has 0 aliphatic carbocycles. The van der Waals surface area contributed by atoms with Crippen molar-refractivity contribution in [2.45, 2.75) is 43.6 Å². The fourth-order valence-electron chi connectivity index (χ4n) is 4.31. The highest BCUT2D eigenvalue weighted by atomic mass is 32.2. The first-order valence-corrected chi connectivity index (χ1v) is 13.4. The first-order chi connectivity index (χ1) is 18.6. The molecule has 0 unspecified atom stereocenters. The number of benzene rings is 3. The Morgan fingerprint density at radius 2 is 1.79 bits per heavy atom. The summed E-state index contributed by atoms with van der Waals surface area (Å²) in [5, 5.41) is 33.9. The topological polar surface area (TPSA) is 122 Å². The molecule has 0 amide bonds. The fraction of sp³-hybridized carbons (Fsp3) is 0.214. The Kier molecular flexibility index (Phi) is 7.89. The molecule has 5 rings (SSSR count). The quantitative estimate of drug-likeness (QED) is 0.217. The summed E-state index contributed by atoms with van der Waals surface area (Å²) in [7, 11) is 0. The zero-order valence-electron chi connectivity index (χ0n) is 20.9. The highest BCUT2D eigenvalue weighted by molar-refractivity contribution is 7.98. The molecule has 0 atom stereocenters. The number of carboxylic acid groups (broad SMARTS) is 1. The van der Waals surface area contributed by atoms with Gasteiger partial charge in [0.05, 0.1) is 12.1 Å². The summed E-state index contributed by atoms with van der Waals surface area (Å²) in [6.07, 6.45) is 2.87. The lowest BCUT2D eigenvalue weighted by Crippen LogP contribution is -2.08. The van der Waals surface area contributed by atoms with Gasteiger partial charge in [0, 0.05) is 17.7 Å². The van der Waals surface area contributed by atoms with E-state index in [1.54, 1.807) is 12.1 Å². The van der Waals surface area contributed by atoms with E-state index in [-0.39, 0.29) is 0 Å². The van der Waals surface area contributed by atoms with Crippen molar-refractivity contribution in [1.82, 2.24) is 35.4 Å². The Morgan fingerprint density at radius 1 is 0.974 bits per heavy atom. The van der Waals surface area contributed by atoms with E-state index in [2.05, 4.69) is 72.6 Å². The van der Waals surface area contributed by atoms with Gasteiger partial charge >= 0.3 is 5.97 Å². The molecular weight excluding hydrogens is 498 g/mol. The highest BCUT2D eigenvalue weighted by Gasteiger charge is 2.17. The lowest BCUT2D eigenvalue weighted by atomic mass is 9.97. The molecule has 0 aliphatic heterocycles. The first-order valence-electron chi connectivity index (χ1n) is 12.4. The molecule has 10 heteroatoms. The van der Waals surface area contributed by atoms with Crippen molar-refractivity contribution in [2.24, 2.45) is 0 Å². The van der Waals surface area contributed by atoms with E-state index in [9.17, 15) is 9.90 Å². The zero-order valence-corrected chi connectivity index (χ0v) is 21.7. The number of hydrogen-bond acceptors (Lipinski definition) is 7. The monoisotopic (exact) mass is 525 g/mol.